The van der Waals surface area contributed by atoms with Gasteiger partial charge >= 0.3 is 0 Å². The number of hydrogen-bond acceptors (Lipinski definition) is 6. The normalized spacial score (nSPS) is 20.5. The van der Waals surface area contributed by atoms with Gasteiger partial charge in [-0.15, -0.1) is 0 Å². The molecule has 38 heavy (non-hydrogen) atoms. The molecule has 2 heterocycles. The van der Waals surface area contributed by atoms with Gasteiger partial charge in [-0.05, 0) is 47.5 Å². The van der Waals surface area contributed by atoms with E-state index in [2.05, 4.69) is 0 Å². The van der Waals surface area contributed by atoms with Gasteiger partial charge in [0.15, 0.2) is 6.10 Å². The number of hydroxylamine groups is 1. The highest BCUT2D eigenvalue weighted by atomic mass is 16.7. The van der Waals surface area contributed by atoms with Crippen molar-refractivity contribution in [3.05, 3.63) is 120 Å². The standard InChI is InChI=1S/C31H26N2O5/c1-36-26-14-8-13-24(19-26)32-30(34)27-28(33(38-29(27)31(32)35)23-11-6-3-7-12-23)22-15-17-25(18-16-22)37-20-21-9-4-2-5-10-21/h2-19,27-29H,20H2,1H3/t27-,28+,29+/m0/s1. The Bertz CT molecular complexity index is 1440. The number of para-hydroxylation sites is 1. The third-order valence-electron chi connectivity index (χ3n) is 6.91. The van der Waals surface area contributed by atoms with Gasteiger partial charge < -0.3 is 9.47 Å². The molecule has 0 saturated carbocycles. The molecule has 0 unspecified atom stereocenters. The number of hydrogen-bond donors (Lipinski definition) is 0. The van der Waals surface area contributed by atoms with Crippen molar-refractivity contribution in [2.24, 2.45) is 5.92 Å². The number of benzene rings is 4. The second-order valence-electron chi connectivity index (χ2n) is 9.21. The summed E-state index contributed by atoms with van der Waals surface area (Å²) in [7, 11) is 1.55. The number of carbonyl (C=O) groups excluding carboxylic acids is 2. The molecule has 4 aromatic rings. The van der Waals surface area contributed by atoms with Crippen LogP contribution in [0.1, 0.15) is 17.2 Å². The van der Waals surface area contributed by atoms with Gasteiger partial charge in [-0.25, -0.2) is 9.96 Å². The molecule has 2 fully saturated rings. The second kappa shape index (κ2) is 10.0. The number of carbonyl (C=O) groups is 2. The minimum Gasteiger partial charge on any atom is -0.497 e. The molecule has 7 heteroatoms. The fourth-order valence-electron chi connectivity index (χ4n) is 5.06. The largest absolute Gasteiger partial charge is 0.497 e. The smallest absolute Gasteiger partial charge is 0.266 e. The molecule has 0 N–H and O–H groups in total. The van der Waals surface area contributed by atoms with Crippen LogP contribution in [0.15, 0.2) is 109 Å². The summed E-state index contributed by atoms with van der Waals surface area (Å²) >= 11 is 0. The average molecular weight is 507 g/mol. The molecule has 0 aromatic heterocycles. The lowest BCUT2D eigenvalue weighted by molar-refractivity contribution is -0.126. The fourth-order valence-corrected chi connectivity index (χ4v) is 5.06. The zero-order valence-corrected chi connectivity index (χ0v) is 20.8. The van der Waals surface area contributed by atoms with Gasteiger partial charge in [0.1, 0.15) is 24.0 Å². The first kappa shape index (κ1) is 23.8. The Balaban J connectivity index is 1.31. The second-order valence-corrected chi connectivity index (χ2v) is 9.21. The minimum atomic E-state index is -0.937. The molecule has 7 nitrogen and oxygen atoms in total. The van der Waals surface area contributed by atoms with Crippen LogP contribution in [-0.2, 0) is 21.0 Å². The van der Waals surface area contributed by atoms with Crippen LogP contribution in [0, 0.1) is 5.92 Å². The third-order valence-corrected chi connectivity index (χ3v) is 6.91. The predicted molar refractivity (Wildman–Crippen MR) is 143 cm³/mol. The predicted octanol–water partition coefficient (Wildman–Crippen LogP) is 5.33. The van der Waals surface area contributed by atoms with Gasteiger partial charge in [0.2, 0.25) is 5.91 Å². The summed E-state index contributed by atoms with van der Waals surface area (Å²) in [5.41, 5.74) is 3.16. The molecular formula is C31H26N2O5. The zero-order chi connectivity index (χ0) is 26.1. The summed E-state index contributed by atoms with van der Waals surface area (Å²) in [4.78, 5) is 34.8. The zero-order valence-electron chi connectivity index (χ0n) is 20.8. The fraction of sp³-hybridized carbons (Fsp3) is 0.161. The molecule has 0 spiro atoms. The lowest BCUT2D eigenvalue weighted by Gasteiger charge is -2.29. The summed E-state index contributed by atoms with van der Waals surface area (Å²) in [6.07, 6.45) is -0.937. The molecule has 2 amide bonds. The number of nitrogens with zero attached hydrogens (tertiary/aromatic N) is 2. The van der Waals surface area contributed by atoms with Crippen molar-refractivity contribution >= 4 is 23.2 Å². The van der Waals surface area contributed by atoms with Crippen molar-refractivity contribution in [2.45, 2.75) is 18.8 Å². The van der Waals surface area contributed by atoms with E-state index in [0.717, 1.165) is 16.8 Å². The molecule has 0 bridgehead atoms. The van der Waals surface area contributed by atoms with Crippen LogP contribution >= 0.6 is 0 Å². The van der Waals surface area contributed by atoms with Crippen LogP contribution in [-0.4, -0.2) is 25.0 Å². The number of ether oxygens (including phenoxy) is 2. The average Bonchev–Trinajstić information content (AvgIpc) is 3.48. The Hall–Kier alpha value is -4.62. The number of imide groups is 1. The van der Waals surface area contributed by atoms with E-state index < -0.39 is 18.1 Å². The Kier molecular flexibility index (Phi) is 6.27. The van der Waals surface area contributed by atoms with Crippen LogP contribution in [0.25, 0.3) is 0 Å². The number of rotatable bonds is 7. The van der Waals surface area contributed by atoms with E-state index in [1.54, 1.807) is 36.4 Å². The molecule has 0 aliphatic carbocycles. The Morgan fingerprint density at radius 2 is 1.42 bits per heavy atom. The lowest BCUT2D eigenvalue weighted by atomic mass is 9.90. The molecule has 4 aromatic carbocycles. The van der Waals surface area contributed by atoms with Crippen LogP contribution in [0.4, 0.5) is 11.4 Å². The lowest BCUT2D eigenvalue weighted by Crippen LogP contribution is -2.37. The van der Waals surface area contributed by atoms with Gasteiger partial charge in [-0.1, -0.05) is 66.7 Å². The molecule has 6 rings (SSSR count). The maximum atomic E-state index is 13.8. The molecular weight excluding hydrogens is 480 g/mol. The maximum absolute atomic E-state index is 13.8. The molecule has 190 valence electrons. The molecule has 2 aliphatic rings. The van der Waals surface area contributed by atoms with Gasteiger partial charge in [0, 0.05) is 6.07 Å². The quantitative estimate of drug-likeness (QED) is 0.316. The molecule has 3 atom stereocenters. The van der Waals surface area contributed by atoms with Crippen molar-refractivity contribution in [2.75, 3.05) is 17.1 Å². The van der Waals surface area contributed by atoms with E-state index >= 15 is 0 Å². The van der Waals surface area contributed by atoms with Crippen molar-refractivity contribution in [1.29, 1.82) is 0 Å². The van der Waals surface area contributed by atoms with Gasteiger partial charge in [0.25, 0.3) is 5.91 Å². The van der Waals surface area contributed by atoms with Gasteiger partial charge in [-0.3, -0.25) is 14.4 Å². The summed E-state index contributed by atoms with van der Waals surface area (Å²) in [6, 6.07) is 33.5. The first-order valence-corrected chi connectivity index (χ1v) is 12.4. The summed E-state index contributed by atoms with van der Waals surface area (Å²) in [6.45, 7) is 0.454. The Morgan fingerprint density at radius 1 is 0.737 bits per heavy atom. The van der Waals surface area contributed by atoms with Crippen molar-refractivity contribution in [3.63, 3.8) is 0 Å². The monoisotopic (exact) mass is 506 g/mol. The number of anilines is 2. The SMILES string of the molecule is COc1cccc(N2C(=O)[C@H]3[C@@H](c4ccc(OCc5ccccc5)cc4)N(c4ccccc4)O[C@H]3C2=O)c1. The van der Waals surface area contributed by atoms with Crippen molar-refractivity contribution < 1.29 is 23.9 Å². The Morgan fingerprint density at radius 3 is 2.13 bits per heavy atom. The van der Waals surface area contributed by atoms with Crippen LogP contribution in [0.3, 0.4) is 0 Å². The van der Waals surface area contributed by atoms with Gasteiger partial charge in [-0.2, -0.15) is 0 Å². The molecule has 0 radical (unpaired) electrons. The summed E-state index contributed by atoms with van der Waals surface area (Å²) in [5, 5.41) is 1.69. The van der Waals surface area contributed by atoms with E-state index in [0.29, 0.717) is 23.8 Å². The Labute approximate surface area is 220 Å². The first-order valence-electron chi connectivity index (χ1n) is 12.4. The highest BCUT2D eigenvalue weighted by molar-refractivity contribution is 6.24. The van der Waals surface area contributed by atoms with Crippen LogP contribution in [0.2, 0.25) is 0 Å². The number of methoxy groups -OCH3 is 1. The highest BCUT2D eigenvalue weighted by Crippen LogP contribution is 2.48. The van der Waals surface area contributed by atoms with E-state index in [1.165, 1.54) is 4.90 Å². The van der Waals surface area contributed by atoms with Crippen molar-refractivity contribution in [3.8, 4) is 11.5 Å². The minimum absolute atomic E-state index is 0.305. The van der Waals surface area contributed by atoms with Gasteiger partial charge in [0.05, 0.1) is 24.5 Å². The van der Waals surface area contributed by atoms with Crippen molar-refractivity contribution in [1.82, 2.24) is 0 Å². The molecule has 2 aliphatic heterocycles. The number of fused-ring (bicyclic) bond motifs is 1. The third kappa shape index (κ3) is 4.27. The van der Waals surface area contributed by atoms with Crippen LogP contribution < -0.4 is 19.4 Å². The topological polar surface area (TPSA) is 68.3 Å². The maximum Gasteiger partial charge on any atom is 0.266 e. The van der Waals surface area contributed by atoms with E-state index in [1.807, 2.05) is 84.9 Å². The summed E-state index contributed by atoms with van der Waals surface area (Å²) < 4.78 is 11.3. The van der Waals surface area contributed by atoms with E-state index in [9.17, 15) is 9.59 Å². The van der Waals surface area contributed by atoms with Crippen LogP contribution in [0.5, 0.6) is 11.5 Å². The number of amides is 2. The van der Waals surface area contributed by atoms with E-state index in [4.69, 9.17) is 14.3 Å². The molecule has 2 saturated heterocycles. The first-order chi connectivity index (χ1) is 18.6. The highest BCUT2D eigenvalue weighted by Gasteiger charge is 2.60. The summed E-state index contributed by atoms with van der Waals surface area (Å²) in [5.74, 6) is -0.133. The van der Waals surface area contributed by atoms with E-state index in [-0.39, 0.29) is 11.8 Å².